The molecule has 4 nitrogen and oxygen atoms in total. The molecule has 1 aromatic carbocycles. The molecule has 2 atom stereocenters. The van der Waals surface area contributed by atoms with E-state index in [0.29, 0.717) is 5.56 Å². The van der Waals surface area contributed by atoms with E-state index < -0.39 is 11.4 Å². The summed E-state index contributed by atoms with van der Waals surface area (Å²) in [6.07, 6.45) is 3.11. The van der Waals surface area contributed by atoms with Gasteiger partial charge in [-0.3, -0.25) is 0 Å². The number of hydrogen-bond acceptors (Lipinski definition) is 4. The Morgan fingerprint density at radius 3 is 2.65 bits per heavy atom. The zero-order chi connectivity index (χ0) is 16.7. The highest BCUT2D eigenvalue weighted by Gasteiger charge is 2.49. The van der Waals surface area contributed by atoms with Crippen molar-refractivity contribution < 1.29 is 4.55 Å². The fraction of sp³-hybridized carbons (Fsp3) is 0.611. The first-order chi connectivity index (χ1) is 10.9. The minimum atomic E-state index is -1.10. The van der Waals surface area contributed by atoms with Gasteiger partial charge < -0.3 is 9.87 Å². The highest BCUT2D eigenvalue weighted by molar-refractivity contribution is 7.90. The number of rotatable bonds is 2. The third-order valence-electron chi connectivity index (χ3n) is 5.12. The van der Waals surface area contributed by atoms with Crippen LogP contribution in [-0.4, -0.2) is 22.4 Å². The second kappa shape index (κ2) is 6.10. The third-order valence-corrected chi connectivity index (χ3v) is 6.68. The second-order valence-corrected chi connectivity index (χ2v) is 9.74. The molecule has 2 N–H and O–H groups in total. The Morgan fingerprint density at radius 2 is 2.04 bits per heavy atom. The fourth-order valence-corrected chi connectivity index (χ4v) is 4.73. The maximum atomic E-state index is 12.7. The topological polar surface area (TPSA) is 70.9 Å². The van der Waals surface area contributed by atoms with Crippen LogP contribution >= 0.6 is 0 Å². The summed E-state index contributed by atoms with van der Waals surface area (Å²) in [7, 11) is 0. The van der Waals surface area contributed by atoms with Crippen LogP contribution in [0.4, 0.5) is 0 Å². The van der Waals surface area contributed by atoms with E-state index >= 15 is 0 Å². The lowest BCUT2D eigenvalue weighted by Crippen LogP contribution is -2.48. The molecule has 0 saturated carbocycles. The van der Waals surface area contributed by atoms with Crippen molar-refractivity contribution in [1.82, 2.24) is 10.0 Å². The maximum absolute atomic E-state index is 12.7. The molecule has 1 saturated heterocycles. The summed E-state index contributed by atoms with van der Waals surface area (Å²) in [6, 6.07) is 8.29. The fourth-order valence-electron chi connectivity index (χ4n) is 3.78. The maximum Gasteiger partial charge on any atom is 0.136 e. The largest absolute Gasteiger partial charge is 0.598 e. The molecule has 0 radical (unpaired) electrons. The first-order valence-corrected chi connectivity index (χ1v) is 9.42. The van der Waals surface area contributed by atoms with Gasteiger partial charge in [0, 0.05) is 16.8 Å². The van der Waals surface area contributed by atoms with Crippen molar-refractivity contribution in [3.05, 3.63) is 34.9 Å². The molecule has 0 amide bonds. The molecule has 1 heterocycles. The molecule has 1 fully saturated rings. The minimum absolute atomic E-state index is 0.104. The number of piperidine rings is 1. The quantitative estimate of drug-likeness (QED) is 0.817. The molecule has 1 aliphatic heterocycles. The molecule has 1 aliphatic carbocycles. The minimum Gasteiger partial charge on any atom is -0.598 e. The molecule has 124 valence electrons. The molecule has 0 unspecified atom stereocenters. The Bertz CT molecular complexity index is 626. The lowest BCUT2D eigenvalue weighted by Gasteiger charge is -2.40. The number of hydrogen-bond donors (Lipinski definition) is 2. The van der Waals surface area contributed by atoms with E-state index in [-0.39, 0.29) is 16.2 Å². The van der Waals surface area contributed by atoms with E-state index in [4.69, 9.17) is 5.26 Å². The van der Waals surface area contributed by atoms with Gasteiger partial charge in [-0.25, -0.2) is 0 Å². The molecular weight excluding hydrogens is 306 g/mol. The average Bonchev–Trinajstić information content (AvgIpc) is 2.79. The molecular formula is C18H25N3OS. The number of nitrogens with zero attached hydrogens (tertiary/aromatic N) is 1. The van der Waals surface area contributed by atoms with Gasteiger partial charge >= 0.3 is 0 Å². The molecule has 2 aliphatic rings. The zero-order valence-corrected chi connectivity index (χ0v) is 14.9. The molecule has 23 heavy (non-hydrogen) atoms. The number of nitriles is 1. The predicted molar refractivity (Wildman–Crippen MR) is 93.2 cm³/mol. The molecule has 1 spiro atoms. The van der Waals surface area contributed by atoms with Crippen molar-refractivity contribution in [2.24, 2.45) is 5.41 Å². The van der Waals surface area contributed by atoms with Crippen LogP contribution in [0.1, 0.15) is 56.3 Å². The second-order valence-electron chi connectivity index (χ2n) is 7.75. The lowest BCUT2D eigenvalue weighted by molar-refractivity contribution is 0.163. The Labute approximate surface area is 142 Å². The summed E-state index contributed by atoms with van der Waals surface area (Å²) in [5, 5.41) is 12.6. The van der Waals surface area contributed by atoms with E-state index in [2.05, 4.69) is 22.2 Å². The highest BCUT2D eigenvalue weighted by atomic mass is 32.2. The van der Waals surface area contributed by atoms with Crippen molar-refractivity contribution in [2.45, 2.75) is 50.8 Å². The number of nitrogens with one attached hydrogen (secondary N) is 2. The van der Waals surface area contributed by atoms with Crippen molar-refractivity contribution in [2.75, 3.05) is 13.1 Å². The summed E-state index contributed by atoms with van der Waals surface area (Å²) >= 11 is -1.10. The summed E-state index contributed by atoms with van der Waals surface area (Å²) < 4.78 is 15.9. The van der Waals surface area contributed by atoms with Crippen molar-refractivity contribution in [3.8, 4) is 6.07 Å². The van der Waals surface area contributed by atoms with E-state index in [9.17, 15) is 4.55 Å². The summed E-state index contributed by atoms with van der Waals surface area (Å²) in [4.78, 5) is 0. The van der Waals surface area contributed by atoms with Crippen molar-refractivity contribution in [3.63, 3.8) is 0 Å². The lowest BCUT2D eigenvalue weighted by atomic mass is 9.73. The SMILES string of the molecule is CC(C)(C)[S@@+]([O-])N[C@H]1c2ccc(C#N)cc2CC12CCNCC2. The van der Waals surface area contributed by atoms with Gasteiger partial charge in [0.2, 0.25) is 0 Å². The van der Waals surface area contributed by atoms with Gasteiger partial charge in [0.25, 0.3) is 0 Å². The summed E-state index contributed by atoms with van der Waals surface area (Å²) in [5.41, 5.74) is 3.30. The highest BCUT2D eigenvalue weighted by Crippen LogP contribution is 2.51. The van der Waals surface area contributed by atoms with Gasteiger partial charge in [-0.1, -0.05) is 6.07 Å². The van der Waals surface area contributed by atoms with Crippen LogP contribution in [0.5, 0.6) is 0 Å². The van der Waals surface area contributed by atoms with Crippen molar-refractivity contribution in [1.29, 1.82) is 5.26 Å². The molecule has 5 heteroatoms. The van der Waals surface area contributed by atoms with E-state index in [0.717, 1.165) is 32.4 Å². The first kappa shape index (κ1) is 16.8. The normalized spacial score (nSPS) is 24.2. The Hall–Kier alpha value is -1.06. The van der Waals surface area contributed by atoms with Crippen molar-refractivity contribution >= 4 is 11.4 Å². The third kappa shape index (κ3) is 3.14. The van der Waals surface area contributed by atoms with Crippen LogP contribution in [0, 0.1) is 16.7 Å². The van der Waals surface area contributed by atoms with Crippen LogP contribution in [0.3, 0.4) is 0 Å². The van der Waals surface area contributed by atoms with E-state index in [1.807, 2.05) is 32.9 Å². The smallest absolute Gasteiger partial charge is 0.136 e. The van der Waals surface area contributed by atoms with Gasteiger partial charge in [-0.2, -0.15) is 5.26 Å². The first-order valence-electron chi connectivity index (χ1n) is 8.27. The Balaban J connectivity index is 1.96. The van der Waals surface area contributed by atoms with Crippen LogP contribution in [0.25, 0.3) is 0 Å². The zero-order valence-electron chi connectivity index (χ0n) is 14.1. The summed E-state index contributed by atoms with van der Waals surface area (Å²) in [6.45, 7) is 8.00. The van der Waals surface area contributed by atoms with E-state index in [1.165, 1.54) is 11.1 Å². The van der Waals surface area contributed by atoms with E-state index in [1.54, 1.807) is 0 Å². The van der Waals surface area contributed by atoms with Gasteiger partial charge in [0.1, 0.15) is 4.75 Å². The summed E-state index contributed by atoms with van der Waals surface area (Å²) in [5.74, 6) is 0. The van der Waals surface area contributed by atoms with Crippen LogP contribution in [-0.2, 0) is 17.8 Å². The van der Waals surface area contributed by atoms with Gasteiger partial charge in [0.05, 0.1) is 17.7 Å². The van der Waals surface area contributed by atoms with Gasteiger partial charge in [-0.05, 0) is 76.4 Å². The average molecular weight is 331 g/mol. The monoisotopic (exact) mass is 331 g/mol. The molecule has 3 rings (SSSR count). The van der Waals surface area contributed by atoms with Crippen LogP contribution < -0.4 is 10.0 Å². The number of fused-ring (bicyclic) bond motifs is 1. The van der Waals surface area contributed by atoms with Gasteiger partial charge in [-0.15, -0.1) is 4.72 Å². The molecule has 1 aromatic rings. The Kier molecular flexibility index (Phi) is 4.45. The molecule has 0 bridgehead atoms. The van der Waals surface area contributed by atoms with Crippen LogP contribution in [0.15, 0.2) is 18.2 Å². The predicted octanol–water partition coefficient (Wildman–Crippen LogP) is 2.58. The van der Waals surface area contributed by atoms with Crippen LogP contribution in [0.2, 0.25) is 0 Å². The standard InChI is InChI=1S/C18H25N3OS/c1-17(2,3)23(22)21-16-15-5-4-13(12-19)10-14(15)11-18(16)6-8-20-9-7-18/h4-5,10,16,20-21H,6-9,11H2,1-3H3/t16-,23+/m0/s1. The Morgan fingerprint density at radius 1 is 1.35 bits per heavy atom. The number of benzene rings is 1. The van der Waals surface area contributed by atoms with Gasteiger partial charge in [0.15, 0.2) is 0 Å². The molecule has 0 aromatic heterocycles.